The first-order valence-corrected chi connectivity index (χ1v) is 6.81. The second kappa shape index (κ2) is 13.6. The summed E-state index contributed by atoms with van der Waals surface area (Å²) < 4.78 is 6.22. The monoisotopic (exact) mass is 283 g/mol. The third kappa shape index (κ3) is 11.2. The second-order valence-electron chi connectivity index (χ2n) is 4.97. The molecule has 2 N–H and O–H groups in total. The van der Waals surface area contributed by atoms with Crippen LogP contribution in [0.2, 0.25) is 0 Å². The molecule has 0 heterocycles. The van der Waals surface area contributed by atoms with Gasteiger partial charge in [0.15, 0.2) is 6.73 Å². The Bertz CT molecular complexity index is 164. The van der Waals surface area contributed by atoms with Crippen LogP contribution >= 0.6 is 0 Å². The molecule has 0 aromatic heterocycles. The predicted molar refractivity (Wildman–Crippen MR) is 69.7 cm³/mol. The summed E-state index contributed by atoms with van der Waals surface area (Å²) in [5.41, 5.74) is 0. The topological polar surface area (TPSA) is 49.7 Å². The lowest BCUT2D eigenvalue weighted by Gasteiger charge is -2.32. The van der Waals surface area contributed by atoms with Gasteiger partial charge in [-0.3, -0.25) is 4.48 Å². The van der Waals surface area contributed by atoms with E-state index in [4.69, 9.17) is 14.9 Å². The zero-order chi connectivity index (χ0) is 13.0. The summed E-state index contributed by atoms with van der Waals surface area (Å²) in [5, 5.41) is 18.0. The molecule has 0 amide bonds. The Morgan fingerprint density at radius 3 is 2.00 bits per heavy atom. The quantitative estimate of drug-likeness (QED) is 0.257. The predicted octanol–water partition coefficient (Wildman–Crippen LogP) is -1.63. The highest BCUT2D eigenvalue weighted by atomic mass is 35.5. The highest BCUT2D eigenvalue weighted by molar-refractivity contribution is 4.41. The summed E-state index contributed by atoms with van der Waals surface area (Å²) in [6.07, 6.45) is 6.21. The van der Waals surface area contributed by atoms with E-state index in [1.165, 1.54) is 25.7 Å². The maximum Gasteiger partial charge on any atom is 0.183 e. The van der Waals surface area contributed by atoms with Crippen LogP contribution in [0.15, 0.2) is 0 Å². The van der Waals surface area contributed by atoms with Gasteiger partial charge in [0.25, 0.3) is 0 Å². The van der Waals surface area contributed by atoms with Crippen molar-refractivity contribution < 1.29 is 31.8 Å². The average molecular weight is 284 g/mol. The van der Waals surface area contributed by atoms with E-state index in [1.54, 1.807) is 0 Å². The standard InChI is InChI=1S/C13H30NO3.ClH/c1-3-4-5-6-7-12-17-13-14(2,8-10-15)9-11-16;/h15-16H,3-13H2,1-2H3;1H/q+1;/p-1. The maximum atomic E-state index is 8.98. The molecule has 0 aliphatic rings. The summed E-state index contributed by atoms with van der Waals surface area (Å²) in [6.45, 7) is 5.12. The van der Waals surface area contributed by atoms with E-state index in [-0.39, 0.29) is 25.6 Å². The largest absolute Gasteiger partial charge is 1.00 e. The molecule has 18 heavy (non-hydrogen) atoms. The Kier molecular flexibility index (Phi) is 15.4. The molecule has 0 spiro atoms. The van der Waals surface area contributed by atoms with Gasteiger partial charge in [-0.1, -0.05) is 32.6 Å². The molecule has 0 aromatic rings. The third-order valence-electron chi connectivity index (χ3n) is 3.07. The van der Waals surface area contributed by atoms with Gasteiger partial charge >= 0.3 is 0 Å². The van der Waals surface area contributed by atoms with E-state index < -0.39 is 0 Å². The van der Waals surface area contributed by atoms with Crippen LogP contribution in [0.4, 0.5) is 0 Å². The molecule has 4 nitrogen and oxygen atoms in total. The van der Waals surface area contributed by atoms with Crippen LogP contribution < -0.4 is 12.4 Å². The minimum Gasteiger partial charge on any atom is -1.00 e. The Morgan fingerprint density at radius 2 is 1.50 bits per heavy atom. The lowest BCUT2D eigenvalue weighted by atomic mass is 10.2. The molecule has 0 aliphatic carbocycles. The van der Waals surface area contributed by atoms with E-state index in [0.29, 0.717) is 24.3 Å². The maximum absolute atomic E-state index is 8.98. The van der Waals surface area contributed by atoms with E-state index in [2.05, 4.69) is 6.92 Å². The molecule has 0 radical (unpaired) electrons. The molecule has 5 heteroatoms. The van der Waals surface area contributed by atoms with Crippen LogP contribution in [-0.2, 0) is 4.74 Å². The van der Waals surface area contributed by atoms with Crippen molar-refractivity contribution >= 4 is 0 Å². The van der Waals surface area contributed by atoms with Crippen LogP contribution in [0, 0.1) is 0 Å². The fourth-order valence-electron chi connectivity index (χ4n) is 1.82. The van der Waals surface area contributed by atoms with Gasteiger partial charge in [0.05, 0.1) is 26.9 Å². The van der Waals surface area contributed by atoms with Crippen molar-refractivity contribution in [2.45, 2.75) is 39.0 Å². The molecule has 0 saturated heterocycles. The number of halogens is 1. The highest BCUT2D eigenvalue weighted by Crippen LogP contribution is 2.05. The number of hydrogen-bond acceptors (Lipinski definition) is 3. The van der Waals surface area contributed by atoms with Gasteiger partial charge < -0.3 is 27.4 Å². The van der Waals surface area contributed by atoms with Crippen molar-refractivity contribution in [1.82, 2.24) is 0 Å². The van der Waals surface area contributed by atoms with Crippen molar-refractivity contribution in [3.8, 4) is 0 Å². The molecule has 0 bridgehead atoms. The number of nitrogens with zero attached hydrogens (tertiary/aromatic N) is 1. The van der Waals surface area contributed by atoms with Gasteiger partial charge in [-0.2, -0.15) is 0 Å². The normalized spacial score (nSPS) is 11.3. The lowest BCUT2D eigenvalue weighted by molar-refractivity contribution is -0.928. The van der Waals surface area contributed by atoms with E-state index in [0.717, 1.165) is 13.0 Å². The van der Waals surface area contributed by atoms with E-state index in [9.17, 15) is 0 Å². The van der Waals surface area contributed by atoms with Gasteiger partial charge in [0, 0.05) is 0 Å². The molecule has 0 atom stereocenters. The Balaban J connectivity index is 0. The van der Waals surface area contributed by atoms with Crippen molar-refractivity contribution in [2.75, 3.05) is 46.7 Å². The molecule has 0 unspecified atom stereocenters. The Hall–Kier alpha value is 0.130. The summed E-state index contributed by atoms with van der Waals surface area (Å²) >= 11 is 0. The summed E-state index contributed by atoms with van der Waals surface area (Å²) in [7, 11) is 2.00. The molecule has 0 aromatic carbocycles. The summed E-state index contributed by atoms with van der Waals surface area (Å²) in [5.74, 6) is 0. The van der Waals surface area contributed by atoms with Gasteiger partial charge in [-0.05, 0) is 6.42 Å². The van der Waals surface area contributed by atoms with Crippen molar-refractivity contribution in [2.24, 2.45) is 0 Å². The smallest absolute Gasteiger partial charge is 0.183 e. The van der Waals surface area contributed by atoms with Gasteiger partial charge in [0.1, 0.15) is 13.1 Å². The number of likely N-dealkylation sites (N-methyl/N-ethyl adjacent to an activating group) is 1. The number of quaternary nitrogens is 1. The summed E-state index contributed by atoms with van der Waals surface area (Å²) in [4.78, 5) is 0. The van der Waals surface area contributed by atoms with Crippen molar-refractivity contribution in [1.29, 1.82) is 0 Å². The fourth-order valence-corrected chi connectivity index (χ4v) is 1.82. The van der Waals surface area contributed by atoms with Crippen LogP contribution in [0.3, 0.4) is 0 Å². The number of ether oxygens (including phenoxy) is 1. The van der Waals surface area contributed by atoms with Gasteiger partial charge in [-0.15, -0.1) is 0 Å². The first kappa shape index (κ1) is 20.4. The number of aliphatic hydroxyl groups is 2. The van der Waals surface area contributed by atoms with Gasteiger partial charge in [0.2, 0.25) is 0 Å². The molecule has 0 fully saturated rings. The van der Waals surface area contributed by atoms with Crippen LogP contribution in [0.5, 0.6) is 0 Å². The zero-order valence-electron chi connectivity index (χ0n) is 11.9. The van der Waals surface area contributed by atoms with E-state index >= 15 is 0 Å². The van der Waals surface area contributed by atoms with Crippen LogP contribution in [0.1, 0.15) is 39.0 Å². The SMILES string of the molecule is CCCCCCCOC[N+](C)(CCO)CCO.[Cl-]. The number of aliphatic hydroxyl groups excluding tert-OH is 2. The number of rotatable bonds is 12. The second-order valence-corrected chi connectivity index (χ2v) is 4.97. The molecule has 0 aliphatic heterocycles. The molecule has 0 rings (SSSR count). The minimum absolute atomic E-state index is 0. The minimum atomic E-state index is 0. The van der Waals surface area contributed by atoms with Crippen LogP contribution in [0.25, 0.3) is 0 Å². The first-order chi connectivity index (χ1) is 8.18. The molecular weight excluding hydrogens is 254 g/mol. The number of hydrogen-bond donors (Lipinski definition) is 2. The van der Waals surface area contributed by atoms with E-state index in [1.807, 2.05) is 7.05 Å². The van der Waals surface area contributed by atoms with Gasteiger partial charge in [-0.25, -0.2) is 0 Å². The summed E-state index contributed by atoms with van der Waals surface area (Å²) in [6, 6.07) is 0. The average Bonchev–Trinajstić information content (AvgIpc) is 2.28. The first-order valence-electron chi connectivity index (χ1n) is 6.81. The lowest BCUT2D eigenvalue weighted by Crippen LogP contribution is -3.00. The third-order valence-corrected chi connectivity index (χ3v) is 3.07. The van der Waals surface area contributed by atoms with Crippen molar-refractivity contribution in [3.05, 3.63) is 0 Å². The van der Waals surface area contributed by atoms with Crippen LogP contribution in [-0.4, -0.2) is 61.4 Å². The number of unbranched alkanes of at least 4 members (excludes halogenated alkanes) is 4. The highest BCUT2D eigenvalue weighted by Gasteiger charge is 2.19. The molecule has 112 valence electrons. The zero-order valence-corrected chi connectivity index (χ0v) is 12.7. The van der Waals surface area contributed by atoms with Crippen molar-refractivity contribution in [3.63, 3.8) is 0 Å². The molecule has 0 saturated carbocycles. The molecular formula is C13H30ClNO3. The Labute approximate surface area is 118 Å². The fraction of sp³-hybridized carbons (Fsp3) is 1.00. The Morgan fingerprint density at radius 1 is 0.944 bits per heavy atom.